The summed E-state index contributed by atoms with van der Waals surface area (Å²) in [6, 6.07) is 9.75. The maximum absolute atomic E-state index is 11.3. The zero-order valence-corrected chi connectivity index (χ0v) is 10.5. The van der Waals surface area contributed by atoms with E-state index in [1.54, 1.807) is 0 Å². The summed E-state index contributed by atoms with van der Waals surface area (Å²) in [5.74, 6) is -0.930. The van der Waals surface area contributed by atoms with Crippen molar-refractivity contribution in [1.29, 1.82) is 0 Å². The highest BCUT2D eigenvalue weighted by Gasteiger charge is 2.44. The Morgan fingerprint density at radius 2 is 1.94 bits per heavy atom. The van der Waals surface area contributed by atoms with Gasteiger partial charge in [0.2, 0.25) is 0 Å². The van der Waals surface area contributed by atoms with Gasteiger partial charge in [0, 0.05) is 5.92 Å². The van der Waals surface area contributed by atoms with Crippen molar-refractivity contribution in [3.63, 3.8) is 0 Å². The van der Waals surface area contributed by atoms with Gasteiger partial charge in [-0.3, -0.25) is 4.79 Å². The number of hydrogen-bond donors (Lipinski definition) is 2. The van der Waals surface area contributed by atoms with E-state index in [1.165, 1.54) is 0 Å². The number of rotatable bonds is 2. The van der Waals surface area contributed by atoms with Crippen LogP contribution in [-0.4, -0.2) is 16.6 Å². The standard InChI is InChI=1S/C13H17NO2.ClH/c14-13(12(15)16)9-5-4-8-11(13)10-6-2-1-3-7-10;/h1-3,6-7,11H,4-5,8-9,14H2,(H,15,16);1H. The van der Waals surface area contributed by atoms with Gasteiger partial charge in [0.05, 0.1) is 0 Å². The molecule has 0 aliphatic heterocycles. The second-order valence-corrected chi connectivity index (χ2v) is 4.55. The summed E-state index contributed by atoms with van der Waals surface area (Å²) in [6.45, 7) is 0. The van der Waals surface area contributed by atoms with E-state index in [2.05, 4.69) is 0 Å². The van der Waals surface area contributed by atoms with E-state index < -0.39 is 11.5 Å². The van der Waals surface area contributed by atoms with Crippen molar-refractivity contribution in [2.24, 2.45) is 5.73 Å². The molecular weight excluding hydrogens is 238 g/mol. The minimum absolute atomic E-state index is 0. The molecule has 0 saturated heterocycles. The largest absolute Gasteiger partial charge is 0.480 e. The number of benzene rings is 1. The molecule has 1 aromatic carbocycles. The molecule has 3 nitrogen and oxygen atoms in total. The predicted octanol–water partition coefficient (Wildman–Crippen LogP) is 2.55. The first kappa shape index (κ1) is 14.0. The first-order chi connectivity index (χ1) is 7.64. The molecule has 0 bridgehead atoms. The minimum Gasteiger partial charge on any atom is -0.480 e. The SMILES string of the molecule is Cl.NC1(C(=O)O)CCCCC1c1ccccc1. The molecule has 94 valence electrons. The van der Waals surface area contributed by atoms with Crippen molar-refractivity contribution >= 4 is 18.4 Å². The number of carboxylic acid groups (broad SMARTS) is 1. The molecule has 2 atom stereocenters. The van der Waals surface area contributed by atoms with E-state index in [1.807, 2.05) is 30.3 Å². The Morgan fingerprint density at radius 3 is 2.53 bits per heavy atom. The zero-order valence-electron chi connectivity index (χ0n) is 9.63. The molecule has 1 aliphatic carbocycles. The molecule has 1 saturated carbocycles. The summed E-state index contributed by atoms with van der Waals surface area (Å²) in [5.41, 5.74) is 6.04. The molecule has 0 amide bonds. The van der Waals surface area contributed by atoms with Crippen molar-refractivity contribution in [2.45, 2.75) is 37.1 Å². The minimum atomic E-state index is -1.08. The molecule has 1 aliphatic rings. The van der Waals surface area contributed by atoms with Gasteiger partial charge in [-0.15, -0.1) is 12.4 Å². The Morgan fingerprint density at radius 1 is 1.29 bits per heavy atom. The van der Waals surface area contributed by atoms with Gasteiger partial charge in [-0.2, -0.15) is 0 Å². The number of nitrogens with two attached hydrogens (primary N) is 1. The summed E-state index contributed by atoms with van der Waals surface area (Å²) < 4.78 is 0. The third-order valence-electron chi connectivity index (χ3n) is 3.56. The highest BCUT2D eigenvalue weighted by Crippen LogP contribution is 2.39. The van der Waals surface area contributed by atoms with Crippen LogP contribution in [0.5, 0.6) is 0 Å². The predicted molar refractivity (Wildman–Crippen MR) is 69.5 cm³/mol. The van der Waals surface area contributed by atoms with Gasteiger partial charge >= 0.3 is 5.97 Å². The van der Waals surface area contributed by atoms with Crippen LogP contribution in [0.4, 0.5) is 0 Å². The third-order valence-corrected chi connectivity index (χ3v) is 3.56. The van der Waals surface area contributed by atoms with E-state index in [-0.39, 0.29) is 18.3 Å². The highest BCUT2D eigenvalue weighted by atomic mass is 35.5. The number of carboxylic acids is 1. The molecule has 0 aromatic heterocycles. The van der Waals surface area contributed by atoms with Gasteiger partial charge in [-0.25, -0.2) is 0 Å². The summed E-state index contributed by atoms with van der Waals surface area (Å²) in [5, 5.41) is 9.30. The second-order valence-electron chi connectivity index (χ2n) is 4.55. The van der Waals surface area contributed by atoms with Crippen LogP contribution < -0.4 is 5.73 Å². The molecule has 4 heteroatoms. The van der Waals surface area contributed by atoms with Crippen molar-refractivity contribution < 1.29 is 9.90 Å². The molecular formula is C13H18ClNO2. The van der Waals surface area contributed by atoms with E-state index in [0.29, 0.717) is 6.42 Å². The van der Waals surface area contributed by atoms with Crippen molar-refractivity contribution in [3.05, 3.63) is 35.9 Å². The lowest BCUT2D eigenvalue weighted by Gasteiger charge is -2.38. The molecule has 0 radical (unpaired) electrons. The maximum atomic E-state index is 11.3. The van der Waals surface area contributed by atoms with Gasteiger partial charge in [0.25, 0.3) is 0 Å². The Kier molecular flexibility index (Phi) is 4.54. The number of carbonyl (C=O) groups is 1. The molecule has 1 aromatic rings. The average Bonchev–Trinajstić information content (AvgIpc) is 2.30. The first-order valence-corrected chi connectivity index (χ1v) is 5.72. The Bertz CT molecular complexity index is 382. The van der Waals surface area contributed by atoms with Crippen LogP contribution in [0.15, 0.2) is 30.3 Å². The third kappa shape index (κ3) is 2.61. The Balaban J connectivity index is 0.00000144. The van der Waals surface area contributed by atoms with Gasteiger partial charge in [-0.05, 0) is 18.4 Å². The van der Waals surface area contributed by atoms with Gasteiger partial charge < -0.3 is 10.8 Å². The van der Waals surface area contributed by atoms with Gasteiger partial charge in [0.1, 0.15) is 5.54 Å². The molecule has 2 unspecified atom stereocenters. The Hall–Kier alpha value is -1.06. The van der Waals surface area contributed by atoms with Crippen molar-refractivity contribution in [3.8, 4) is 0 Å². The van der Waals surface area contributed by atoms with E-state index >= 15 is 0 Å². The van der Waals surface area contributed by atoms with Crippen molar-refractivity contribution in [2.75, 3.05) is 0 Å². The monoisotopic (exact) mass is 255 g/mol. The van der Waals surface area contributed by atoms with E-state index in [0.717, 1.165) is 24.8 Å². The smallest absolute Gasteiger partial charge is 0.324 e. The van der Waals surface area contributed by atoms with Crippen LogP contribution in [-0.2, 0) is 4.79 Å². The van der Waals surface area contributed by atoms with Crippen LogP contribution in [0.3, 0.4) is 0 Å². The molecule has 0 heterocycles. The molecule has 1 fully saturated rings. The number of halogens is 1. The fourth-order valence-corrected chi connectivity index (χ4v) is 2.60. The first-order valence-electron chi connectivity index (χ1n) is 5.72. The van der Waals surface area contributed by atoms with Gasteiger partial charge in [-0.1, -0.05) is 43.2 Å². The van der Waals surface area contributed by atoms with Crippen LogP contribution in [0.25, 0.3) is 0 Å². The summed E-state index contributed by atoms with van der Waals surface area (Å²) in [7, 11) is 0. The molecule has 17 heavy (non-hydrogen) atoms. The summed E-state index contributed by atoms with van der Waals surface area (Å²) in [6.07, 6.45) is 3.41. The molecule has 2 rings (SSSR count). The molecule has 0 spiro atoms. The summed E-state index contributed by atoms with van der Waals surface area (Å²) in [4.78, 5) is 11.3. The van der Waals surface area contributed by atoms with Crippen LogP contribution in [0, 0.1) is 0 Å². The Labute approximate surface area is 107 Å². The maximum Gasteiger partial charge on any atom is 0.324 e. The lowest BCUT2D eigenvalue weighted by Crippen LogP contribution is -2.54. The fourth-order valence-electron chi connectivity index (χ4n) is 2.60. The topological polar surface area (TPSA) is 63.3 Å². The average molecular weight is 256 g/mol. The number of aliphatic carboxylic acids is 1. The van der Waals surface area contributed by atoms with Gasteiger partial charge in [0.15, 0.2) is 0 Å². The van der Waals surface area contributed by atoms with Crippen LogP contribution in [0.2, 0.25) is 0 Å². The quantitative estimate of drug-likeness (QED) is 0.854. The lowest BCUT2D eigenvalue weighted by atomic mass is 9.70. The normalized spacial score (nSPS) is 28.2. The second kappa shape index (κ2) is 5.52. The highest BCUT2D eigenvalue weighted by molar-refractivity contribution is 5.85. The van der Waals surface area contributed by atoms with E-state index in [9.17, 15) is 9.90 Å². The van der Waals surface area contributed by atoms with E-state index in [4.69, 9.17) is 5.73 Å². The number of hydrogen-bond acceptors (Lipinski definition) is 2. The van der Waals surface area contributed by atoms with Crippen LogP contribution in [0.1, 0.15) is 37.2 Å². The van der Waals surface area contributed by atoms with Crippen molar-refractivity contribution in [1.82, 2.24) is 0 Å². The van der Waals surface area contributed by atoms with Crippen LogP contribution >= 0.6 is 12.4 Å². The zero-order chi connectivity index (χ0) is 11.6. The lowest BCUT2D eigenvalue weighted by molar-refractivity contribution is -0.145. The fraction of sp³-hybridized carbons (Fsp3) is 0.462. The molecule has 3 N–H and O–H groups in total. The summed E-state index contributed by atoms with van der Waals surface area (Å²) >= 11 is 0.